The number of aliphatic imine (C=N–C) groups is 1. The van der Waals surface area contributed by atoms with Crippen molar-refractivity contribution in [1.82, 2.24) is 4.90 Å². The van der Waals surface area contributed by atoms with Gasteiger partial charge in [0.05, 0.1) is 11.9 Å². The lowest BCUT2D eigenvalue weighted by Gasteiger charge is -2.25. The smallest absolute Gasteiger partial charge is 0.0964 e. The molecule has 0 saturated heterocycles. The first-order chi connectivity index (χ1) is 5.66. The summed E-state index contributed by atoms with van der Waals surface area (Å²) in [6, 6.07) is 0.999. The Balaban J connectivity index is 2.48. The normalized spacial score (nSPS) is 29.3. The van der Waals surface area contributed by atoms with E-state index in [2.05, 4.69) is 30.7 Å². The summed E-state index contributed by atoms with van der Waals surface area (Å²) in [6.07, 6.45) is 1.06. The molecule has 70 valence electrons. The Bertz CT molecular complexity index is 177. The SMILES string of the molecule is CC1=NC(C)C(C)N1CCCN. The summed E-state index contributed by atoms with van der Waals surface area (Å²) in [4.78, 5) is 6.85. The molecule has 0 radical (unpaired) electrons. The van der Waals surface area contributed by atoms with Gasteiger partial charge in [-0.05, 0) is 33.7 Å². The minimum atomic E-state index is 0.447. The Morgan fingerprint density at radius 1 is 1.50 bits per heavy atom. The first-order valence-electron chi connectivity index (χ1n) is 4.68. The van der Waals surface area contributed by atoms with Gasteiger partial charge in [-0.15, -0.1) is 0 Å². The Kier molecular flexibility index (Phi) is 3.09. The van der Waals surface area contributed by atoms with Gasteiger partial charge in [-0.25, -0.2) is 0 Å². The highest BCUT2D eigenvalue weighted by atomic mass is 15.3. The van der Waals surface area contributed by atoms with Crippen LogP contribution in [0.15, 0.2) is 4.99 Å². The van der Waals surface area contributed by atoms with Gasteiger partial charge >= 0.3 is 0 Å². The van der Waals surface area contributed by atoms with E-state index in [-0.39, 0.29) is 0 Å². The van der Waals surface area contributed by atoms with Crippen molar-refractivity contribution in [1.29, 1.82) is 0 Å². The fourth-order valence-electron chi connectivity index (χ4n) is 1.66. The highest BCUT2D eigenvalue weighted by Crippen LogP contribution is 2.16. The van der Waals surface area contributed by atoms with Crippen LogP contribution in [0.2, 0.25) is 0 Å². The summed E-state index contributed by atoms with van der Waals surface area (Å²) in [5.41, 5.74) is 5.47. The molecule has 0 aliphatic carbocycles. The number of hydrogen-bond donors (Lipinski definition) is 1. The van der Waals surface area contributed by atoms with E-state index in [1.807, 2.05) is 0 Å². The molecule has 1 rings (SSSR count). The van der Waals surface area contributed by atoms with Crippen molar-refractivity contribution in [3.8, 4) is 0 Å². The van der Waals surface area contributed by atoms with Crippen molar-refractivity contribution in [2.24, 2.45) is 10.7 Å². The van der Waals surface area contributed by atoms with Crippen molar-refractivity contribution >= 4 is 5.84 Å². The van der Waals surface area contributed by atoms with Crippen LogP contribution in [0.1, 0.15) is 27.2 Å². The average Bonchev–Trinajstić information content (AvgIpc) is 2.25. The number of nitrogens with zero attached hydrogens (tertiary/aromatic N) is 2. The van der Waals surface area contributed by atoms with E-state index in [1.54, 1.807) is 0 Å². The first kappa shape index (κ1) is 9.52. The van der Waals surface area contributed by atoms with Crippen LogP contribution in [0.5, 0.6) is 0 Å². The third kappa shape index (κ3) is 1.78. The van der Waals surface area contributed by atoms with Crippen LogP contribution >= 0.6 is 0 Å². The van der Waals surface area contributed by atoms with Crippen molar-refractivity contribution in [3.63, 3.8) is 0 Å². The van der Waals surface area contributed by atoms with Gasteiger partial charge in [0, 0.05) is 12.6 Å². The third-order valence-corrected chi connectivity index (χ3v) is 2.60. The van der Waals surface area contributed by atoms with Gasteiger partial charge in [0.2, 0.25) is 0 Å². The zero-order valence-electron chi connectivity index (χ0n) is 8.25. The quantitative estimate of drug-likeness (QED) is 0.680. The second kappa shape index (κ2) is 3.90. The van der Waals surface area contributed by atoms with Gasteiger partial charge < -0.3 is 10.6 Å². The van der Waals surface area contributed by atoms with Crippen molar-refractivity contribution in [2.75, 3.05) is 13.1 Å². The molecule has 0 fully saturated rings. The first-order valence-corrected chi connectivity index (χ1v) is 4.68. The van der Waals surface area contributed by atoms with Crippen LogP contribution in [0, 0.1) is 0 Å². The highest BCUT2D eigenvalue weighted by molar-refractivity contribution is 5.82. The average molecular weight is 169 g/mol. The fourth-order valence-corrected chi connectivity index (χ4v) is 1.66. The summed E-state index contributed by atoms with van der Waals surface area (Å²) in [6.45, 7) is 8.29. The molecule has 2 N–H and O–H groups in total. The van der Waals surface area contributed by atoms with Gasteiger partial charge in [-0.2, -0.15) is 0 Å². The Labute approximate surface area is 74.6 Å². The van der Waals surface area contributed by atoms with E-state index < -0.39 is 0 Å². The molecule has 0 saturated carbocycles. The third-order valence-electron chi connectivity index (χ3n) is 2.60. The summed E-state index contributed by atoms with van der Waals surface area (Å²) < 4.78 is 0. The van der Waals surface area contributed by atoms with Crippen molar-refractivity contribution < 1.29 is 0 Å². The molecule has 3 heteroatoms. The molecule has 1 heterocycles. The van der Waals surface area contributed by atoms with Gasteiger partial charge in [0.25, 0.3) is 0 Å². The van der Waals surface area contributed by atoms with E-state index >= 15 is 0 Å². The minimum absolute atomic E-state index is 0.447. The molecule has 1 aliphatic rings. The van der Waals surface area contributed by atoms with Gasteiger partial charge in [0.1, 0.15) is 0 Å². The molecule has 0 aromatic carbocycles. The Morgan fingerprint density at radius 3 is 2.58 bits per heavy atom. The maximum Gasteiger partial charge on any atom is 0.0964 e. The monoisotopic (exact) mass is 169 g/mol. The molecular weight excluding hydrogens is 150 g/mol. The lowest BCUT2D eigenvalue weighted by atomic mass is 10.2. The summed E-state index contributed by atoms with van der Waals surface area (Å²) in [5, 5.41) is 0. The second-order valence-corrected chi connectivity index (χ2v) is 3.49. The standard InChI is InChI=1S/C9H19N3/c1-7-8(2)12(6-4-5-10)9(3)11-7/h7-8H,4-6,10H2,1-3H3. The largest absolute Gasteiger partial charge is 0.356 e. The second-order valence-electron chi connectivity index (χ2n) is 3.49. The van der Waals surface area contributed by atoms with Crippen LogP contribution in [0.4, 0.5) is 0 Å². The van der Waals surface area contributed by atoms with Crippen LogP contribution in [-0.2, 0) is 0 Å². The maximum atomic E-state index is 5.47. The molecular formula is C9H19N3. The number of rotatable bonds is 3. The molecule has 2 atom stereocenters. The summed E-state index contributed by atoms with van der Waals surface area (Å²) >= 11 is 0. The van der Waals surface area contributed by atoms with Crippen molar-refractivity contribution in [3.05, 3.63) is 0 Å². The summed E-state index contributed by atoms with van der Waals surface area (Å²) in [5.74, 6) is 1.17. The zero-order chi connectivity index (χ0) is 9.14. The van der Waals surface area contributed by atoms with E-state index in [0.717, 1.165) is 19.5 Å². The predicted molar refractivity (Wildman–Crippen MR) is 52.4 cm³/mol. The van der Waals surface area contributed by atoms with Gasteiger partial charge in [-0.3, -0.25) is 4.99 Å². The number of hydrogen-bond acceptors (Lipinski definition) is 3. The molecule has 2 unspecified atom stereocenters. The number of amidine groups is 1. The molecule has 3 nitrogen and oxygen atoms in total. The molecule has 0 amide bonds. The van der Waals surface area contributed by atoms with Gasteiger partial charge in [0.15, 0.2) is 0 Å². The maximum absolute atomic E-state index is 5.47. The topological polar surface area (TPSA) is 41.6 Å². The highest BCUT2D eigenvalue weighted by Gasteiger charge is 2.26. The molecule has 1 aliphatic heterocycles. The lowest BCUT2D eigenvalue weighted by Crippen LogP contribution is -2.37. The van der Waals surface area contributed by atoms with E-state index in [1.165, 1.54) is 5.84 Å². The Hall–Kier alpha value is -0.570. The van der Waals surface area contributed by atoms with Crippen LogP contribution in [0.3, 0.4) is 0 Å². The van der Waals surface area contributed by atoms with E-state index in [9.17, 15) is 0 Å². The molecule has 0 aromatic heterocycles. The molecule has 0 spiro atoms. The van der Waals surface area contributed by atoms with Gasteiger partial charge in [-0.1, -0.05) is 0 Å². The molecule has 0 aromatic rings. The number of nitrogens with two attached hydrogens (primary N) is 1. The van der Waals surface area contributed by atoms with E-state index in [4.69, 9.17) is 5.73 Å². The Morgan fingerprint density at radius 2 is 2.17 bits per heavy atom. The zero-order valence-corrected chi connectivity index (χ0v) is 8.25. The molecule has 0 bridgehead atoms. The van der Waals surface area contributed by atoms with E-state index in [0.29, 0.717) is 12.1 Å². The van der Waals surface area contributed by atoms with Crippen LogP contribution in [-0.4, -0.2) is 35.9 Å². The predicted octanol–water partition coefficient (Wildman–Crippen LogP) is 0.846. The molecule has 12 heavy (non-hydrogen) atoms. The van der Waals surface area contributed by atoms with Crippen LogP contribution < -0.4 is 5.73 Å². The fraction of sp³-hybridized carbons (Fsp3) is 0.889. The minimum Gasteiger partial charge on any atom is -0.356 e. The van der Waals surface area contributed by atoms with Crippen LogP contribution in [0.25, 0.3) is 0 Å². The summed E-state index contributed by atoms with van der Waals surface area (Å²) in [7, 11) is 0. The van der Waals surface area contributed by atoms with Crippen molar-refractivity contribution in [2.45, 2.75) is 39.3 Å². The lowest BCUT2D eigenvalue weighted by molar-refractivity contribution is 0.327.